The number of anilines is 6. The number of nitrogens with zero attached hydrogens (tertiary/aromatic N) is 2. The van der Waals surface area contributed by atoms with Gasteiger partial charge in [0.15, 0.2) is 0 Å². The summed E-state index contributed by atoms with van der Waals surface area (Å²) in [5.41, 5.74) is 26.9. The van der Waals surface area contributed by atoms with E-state index in [1.165, 1.54) is 131 Å². The third kappa shape index (κ3) is 7.18. The summed E-state index contributed by atoms with van der Waals surface area (Å²) in [4.78, 5) is 5.41. The molecule has 7 aromatic carbocycles. The fourth-order valence-corrected chi connectivity index (χ4v) is 13.1. The van der Waals surface area contributed by atoms with Gasteiger partial charge in [-0.3, -0.25) is 0 Å². The van der Waals surface area contributed by atoms with Crippen LogP contribution >= 0.6 is 0 Å². The second kappa shape index (κ2) is 15.6. The van der Waals surface area contributed by atoms with E-state index in [9.17, 15) is 0 Å². The van der Waals surface area contributed by atoms with E-state index in [-0.39, 0.29) is 39.2 Å². The Morgan fingerprint density at radius 1 is 0.414 bits per heavy atom. The van der Waals surface area contributed by atoms with Crippen molar-refractivity contribution in [3.05, 3.63) is 184 Å². The van der Waals surface area contributed by atoms with E-state index in [2.05, 4.69) is 247 Å². The molecule has 2 aliphatic carbocycles. The predicted molar refractivity (Wildman–Crippen MR) is 303 cm³/mol. The molecule has 0 bridgehead atoms. The van der Waals surface area contributed by atoms with Crippen molar-refractivity contribution in [2.45, 2.75) is 162 Å². The summed E-state index contributed by atoms with van der Waals surface area (Å²) in [5, 5.41) is 0. The fourth-order valence-electron chi connectivity index (χ4n) is 13.1. The van der Waals surface area contributed by atoms with Crippen molar-refractivity contribution in [3.63, 3.8) is 0 Å². The predicted octanol–water partition coefficient (Wildman–Crippen LogP) is 16.4. The van der Waals surface area contributed by atoms with Gasteiger partial charge in [0.2, 0.25) is 0 Å². The van der Waals surface area contributed by atoms with Gasteiger partial charge in [-0.1, -0.05) is 181 Å². The maximum absolute atomic E-state index is 2.71. The lowest BCUT2D eigenvalue weighted by Gasteiger charge is -2.48. The maximum Gasteiger partial charge on any atom is 0.252 e. The van der Waals surface area contributed by atoms with E-state index < -0.39 is 0 Å². The number of hydrogen-bond donors (Lipinski definition) is 0. The van der Waals surface area contributed by atoms with E-state index >= 15 is 0 Å². The van der Waals surface area contributed by atoms with Crippen LogP contribution in [0.1, 0.15) is 166 Å². The first-order valence-corrected chi connectivity index (χ1v) is 26.4. The smallest absolute Gasteiger partial charge is 0.252 e. The van der Waals surface area contributed by atoms with Crippen molar-refractivity contribution in [3.8, 4) is 11.1 Å². The lowest BCUT2D eigenvalue weighted by atomic mass is 9.33. The quantitative estimate of drug-likeness (QED) is 0.159. The van der Waals surface area contributed by atoms with Crippen molar-refractivity contribution in [1.82, 2.24) is 0 Å². The molecule has 356 valence electrons. The van der Waals surface area contributed by atoms with Gasteiger partial charge in [0, 0.05) is 39.4 Å². The summed E-state index contributed by atoms with van der Waals surface area (Å²) >= 11 is 0. The Morgan fingerprint density at radius 3 is 1.47 bits per heavy atom. The summed E-state index contributed by atoms with van der Waals surface area (Å²) in [6, 6.07) is 52.7. The molecule has 11 rings (SSSR count). The molecular formula is C67H75BN2. The summed E-state index contributed by atoms with van der Waals surface area (Å²) in [6.07, 6.45) is 4.69. The van der Waals surface area contributed by atoms with Crippen molar-refractivity contribution in [2.75, 3.05) is 9.80 Å². The highest BCUT2D eigenvalue weighted by Crippen LogP contribution is 2.54. The fraction of sp³-hybridized carbons (Fsp3) is 0.373. The Morgan fingerprint density at radius 2 is 0.900 bits per heavy atom. The molecule has 0 N–H and O–H groups in total. The maximum atomic E-state index is 2.71. The van der Waals surface area contributed by atoms with Crippen LogP contribution in [0.5, 0.6) is 0 Å². The molecule has 2 nitrogen and oxygen atoms in total. The van der Waals surface area contributed by atoms with Crippen LogP contribution in [-0.4, -0.2) is 6.71 Å². The zero-order chi connectivity index (χ0) is 49.7. The molecule has 7 aromatic rings. The first-order valence-electron chi connectivity index (χ1n) is 26.4. The molecule has 4 aliphatic rings. The minimum atomic E-state index is -0.222. The highest BCUT2D eigenvalue weighted by molar-refractivity contribution is 7.00. The SMILES string of the molecule is Cc1cc2c3c(c1)N(c1ccc(C(C)(C)C)cc1-c1ccccc1)c1cc4c(cc1B3c1ccc(C(C)(C)c3ccccc3)cc1N2c1cc2c(cc1C)C(C)(C)CCC2(C)C)C(C)(C)CCC4(C)C. The second-order valence-electron chi connectivity index (χ2n) is 26.1. The number of fused-ring (bicyclic) bond motifs is 6. The van der Waals surface area contributed by atoms with Crippen LogP contribution in [0.2, 0.25) is 0 Å². The molecule has 0 radical (unpaired) electrons. The Balaban J connectivity index is 1.27. The molecule has 2 aliphatic heterocycles. The van der Waals surface area contributed by atoms with E-state index in [4.69, 9.17) is 0 Å². The normalized spacial score (nSPS) is 18.1. The standard InChI is InChI=1S/C67H75BN2/c1-42-34-59-61-60(35-42)70(56-40-51-49(36-43(56)2)63(6,7)30-32-65(51,10)11)57-38-47(67(14,15)45-24-20-17-21-25-45)26-28-53(57)68(61)54-39-50-52(66(12,13)33-31-64(50,8)9)41-58(54)69(59)55-29-27-46(62(3,4)5)37-48(55)44-22-18-16-19-23-44/h16-29,34-41H,30-33H2,1-15H3. The van der Waals surface area contributed by atoms with E-state index in [0.29, 0.717) is 0 Å². The number of aryl methyl sites for hydroxylation is 2. The summed E-state index contributed by atoms with van der Waals surface area (Å²) in [5.74, 6) is 0. The molecule has 0 unspecified atom stereocenters. The summed E-state index contributed by atoms with van der Waals surface area (Å²) < 4.78 is 0. The molecule has 0 amide bonds. The van der Waals surface area contributed by atoms with Crippen LogP contribution < -0.4 is 26.2 Å². The molecule has 0 saturated carbocycles. The van der Waals surface area contributed by atoms with Crippen LogP contribution in [0, 0.1) is 13.8 Å². The van der Waals surface area contributed by atoms with Gasteiger partial charge in [-0.15, -0.1) is 0 Å². The Bertz CT molecular complexity index is 3250. The average molecular weight is 919 g/mol. The molecule has 0 fully saturated rings. The molecule has 0 atom stereocenters. The minimum absolute atomic E-state index is 0.0151. The molecule has 3 heteroatoms. The summed E-state index contributed by atoms with van der Waals surface area (Å²) in [7, 11) is 0. The van der Waals surface area contributed by atoms with E-state index in [1.54, 1.807) is 0 Å². The molecule has 70 heavy (non-hydrogen) atoms. The van der Waals surface area contributed by atoms with E-state index in [0.717, 1.165) is 6.42 Å². The number of rotatable bonds is 5. The first-order chi connectivity index (χ1) is 32.9. The minimum Gasteiger partial charge on any atom is -0.311 e. The lowest BCUT2D eigenvalue weighted by Crippen LogP contribution is -2.62. The Hall–Kier alpha value is -5.80. The molecular weight excluding hydrogens is 844 g/mol. The van der Waals surface area contributed by atoms with Crippen molar-refractivity contribution in [2.24, 2.45) is 0 Å². The van der Waals surface area contributed by atoms with Crippen molar-refractivity contribution < 1.29 is 0 Å². The third-order valence-electron chi connectivity index (χ3n) is 18.0. The van der Waals surface area contributed by atoms with Crippen LogP contribution in [0.4, 0.5) is 34.1 Å². The number of benzene rings is 7. The van der Waals surface area contributed by atoms with E-state index in [1.807, 2.05) is 0 Å². The van der Waals surface area contributed by atoms with Gasteiger partial charge < -0.3 is 9.80 Å². The van der Waals surface area contributed by atoms with Crippen LogP contribution in [0.15, 0.2) is 133 Å². The largest absolute Gasteiger partial charge is 0.311 e. The van der Waals surface area contributed by atoms with Gasteiger partial charge in [-0.05, 0) is 181 Å². The number of hydrogen-bond acceptors (Lipinski definition) is 2. The first kappa shape index (κ1) is 46.6. The van der Waals surface area contributed by atoms with Crippen molar-refractivity contribution in [1.29, 1.82) is 0 Å². The zero-order valence-electron chi connectivity index (χ0n) is 45.0. The molecule has 0 spiro atoms. The van der Waals surface area contributed by atoms with Crippen LogP contribution in [0.25, 0.3) is 11.1 Å². The lowest BCUT2D eigenvalue weighted by molar-refractivity contribution is 0.332. The van der Waals surface area contributed by atoms with Gasteiger partial charge in [0.05, 0.1) is 5.69 Å². The molecule has 0 aromatic heterocycles. The van der Waals surface area contributed by atoms with Gasteiger partial charge in [-0.25, -0.2) is 0 Å². The van der Waals surface area contributed by atoms with Gasteiger partial charge in [-0.2, -0.15) is 0 Å². The monoisotopic (exact) mass is 919 g/mol. The topological polar surface area (TPSA) is 6.48 Å². The zero-order valence-corrected chi connectivity index (χ0v) is 45.0. The highest BCUT2D eigenvalue weighted by Gasteiger charge is 2.48. The Labute approximate surface area is 421 Å². The highest BCUT2D eigenvalue weighted by atomic mass is 15.2. The second-order valence-corrected chi connectivity index (χ2v) is 26.1. The molecule has 0 saturated heterocycles. The van der Waals surface area contributed by atoms with Gasteiger partial charge in [0.25, 0.3) is 6.71 Å². The molecule has 2 heterocycles. The average Bonchev–Trinajstić information content (AvgIpc) is 3.31. The van der Waals surface area contributed by atoms with Crippen LogP contribution in [-0.2, 0) is 32.5 Å². The summed E-state index contributed by atoms with van der Waals surface area (Å²) in [6.45, 7) is 36.4. The van der Waals surface area contributed by atoms with Gasteiger partial charge in [0.1, 0.15) is 0 Å². The Kier molecular flexibility index (Phi) is 10.4. The van der Waals surface area contributed by atoms with Crippen LogP contribution in [0.3, 0.4) is 0 Å². The third-order valence-corrected chi connectivity index (χ3v) is 18.0. The van der Waals surface area contributed by atoms with Gasteiger partial charge >= 0.3 is 0 Å². The van der Waals surface area contributed by atoms with Crippen molar-refractivity contribution >= 4 is 57.2 Å².